The van der Waals surface area contributed by atoms with Crippen LogP contribution >= 0.6 is 7.82 Å². The Balaban J connectivity index is 0.790. The lowest BCUT2D eigenvalue weighted by Crippen LogP contribution is -2.34. The minimum absolute atomic E-state index is 0.0312. The summed E-state index contributed by atoms with van der Waals surface area (Å²) in [4.78, 5) is 36.7. The number of rotatable bonds is 59. The van der Waals surface area contributed by atoms with E-state index in [4.69, 9.17) is 19.7 Å². The maximum absolute atomic E-state index is 12.4. The minimum Gasteiger partial charge on any atom is -0.746 e. The normalized spacial score (nSPS) is 20.2. The van der Waals surface area contributed by atoms with Crippen molar-refractivity contribution in [3.63, 3.8) is 0 Å². The molecule has 15 heteroatoms. The molecule has 0 bridgehead atoms. The van der Waals surface area contributed by atoms with E-state index >= 15 is 0 Å². The number of fused-ring (bicyclic) bond motifs is 1. The number of imidazole rings is 1. The Morgan fingerprint density at radius 1 is 0.607 bits per heavy atom. The summed E-state index contributed by atoms with van der Waals surface area (Å²) in [6.07, 6.45) is 66.0. The Morgan fingerprint density at radius 3 is 1.45 bits per heavy atom. The molecule has 9 atom stereocenters. The van der Waals surface area contributed by atoms with Gasteiger partial charge in [0, 0.05) is 13.5 Å². The monoisotopic (exact) mass is 1200 g/mol. The minimum atomic E-state index is -5.02. The highest BCUT2D eigenvalue weighted by Crippen LogP contribution is 2.46. The van der Waals surface area contributed by atoms with Gasteiger partial charge in [0.05, 0.1) is 19.0 Å². The predicted molar refractivity (Wildman–Crippen MR) is 343 cm³/mol. The van der Waals surface area contributed by atoms with E-state index < -0.39 is 44.9 Å². The molecule has 1 saturated heterocycles. The molecule has 5 unspecified atom stereocenters. The summed E-state index contributed by atoms with van der Waals surface area (Å²) in [5.41, 5.74) is 6.39. The molecular weight excluding hydrogens is 1070 g/mol. The third-order valence-electron chi connectivity index (χ3n) is 18.9. The van der Waals surface area contributed by atoms with Gasteiger partial charge in [-0.25, -0.2) is 15.0 Å². The Bertz CT molecular complexity index is 1940. The number of hydrogen-bond donors (Lipinski definition) is 3. The number of hydrogen-bond acceptors (Lipinski definition) is 13. The molecule has 2 aliphatic rings. The van der Waals surface area contributed by atoms with Crippen LogP contribution in [0.5, 0.6) is 0 Å². The number of nitrogens with two attached hydrogens (primary N) is 1. The number of unbranched alkanes of at least 4 members (excludes halogenated alkanes) is 42. The van der Waals surface area contributed by atoms with Crippen LogP contribution in [-0.2, 0) is 27.9 Å². The van der Waals surface area contributed by atoms with E-state index in [0.717, 1.165) is 31.1 Å². The number of ether oxygens (including phenoxy) is 2. The van der Waals surface area contributed by atoms with Crippen LogP contribution in [0.1, 0.15) is 348 Å². The number of nitrogens with zero attached hydrogens (tertiary/aromatic N) is 4. The Hall–Kier alpha value is -2.19. The second kappa shape index (κ2) is 47.8. The number of nitrogen functional groups attached to an aromatic ring is 1. The molecule has 1 saturated carbocycles. The molecule has 0 aromatic carbocycles. The van der Waals surface area contributed by atoms with Gasteiger partial charge in [0.15, 0.2) is 17.7 Å². The molecule has 2 aromatic rings. The van der Waals surface area contributed by atoms with Gasteiger partial charge in [-0.05, 0) is 43.4 Å². The van der Waals surface area contributed by atoms with Crippen molar-refractivity contribution < 1.29 is 43.0 Å². The molecule has 4 rings (SSSR count). The molecular formula is C69H127N5O9P-. The number of aliphatic hydroxyl groups excluding tert-OH is 2. The first kappa shape index (κ1) is 74.3. The largest absolute Gasteiger partial charge is 0.746 e. The topological polar surface area (TPSA) is 204 Å². The fourth-order valence-electron chi connectivity index (χ4n) is 13.2. The van der Waals surface area contributed by atoms with Crippen LogP contribution in [-0.4, -0.2) is 73.8 Å². The number of phosphoric ester groups is 1. The molecule has 0 amide bonds. The summed E-state index contributed by atoms with van der Waals surface area (Å²) in [5, 5.41) is 21.1. The fourth-order valence-corrected chi connectivity index (χ4v) is 13.9. The van der Waals surface area contributed by atoms with Crippen LogP contribution in [0.3, 0.4) is 0 Å². The van der Waals surface area contributed by atoms with Gasteiger partial charge < -0.3 is 39.4 Å². The third kappa shape index (κ3) is 34.0. The highest BCUT2D eigenvalue weighted by atomic mass is 31.2. The number of aliphatic hydroxyl groups is 2. The second-order valence-corrected chi connectivity index (χ2v) is 27.6. The lowest BCUT2D eigenvalue weighted by molar-refractivity contribution is -0.227. The molecule has 2 fully saturated rings. The van der Waals surface area contributed by atoms with E-state index in [0.29, 0.717) is 18.4 Å². The number of carbonyl (C=O) groups is 1. The van der Waals surface area contributed by atoms with Gasteiger partial charge in [-0.2, -0.15) is 0 Å². The zero-order chi connectivity index (χ0) is 60.1. The van der Waals surface area contributed by atoms with Gasteiger partial charge in [0.25, 0.3) is 0 Å². The van der Waals surface area contributed by atoms with Crippen molar-refractivity contribution in [1.82, 2.24) is 19.5 Å². The first-order valence-electron chi connectivity index (χ1n) is 35.7. The van der Waals surface area contributed by atoms with Crippen LogP contribution in [0.4, 0.5) is 5.82 Å². The molecule has 3 heterocycles. The molecule has 1 aliphatic carbocycles. The van der Waals surface area contributed by atoms with E-state index in [9.17, 15) is 24.5 Å². The van der Waals surface area contributed by atoms with Crippen molar-refractivity contribution in [2.45, 2.75) is 372 Å². The maximum atomic E-state index is 12.4. The van der Waals surface area contributed by atoms with Gasteiger partial charge in [-0.15, -0.1) is 0 Å². The summed E-state index contributed by atoms with van der Waals surface area (Å²) in [7, 11) is -3.07. The Labute approximate surface area is 512 Å². The number of phosphoric acid groups is 1. The Kier molecular flexibility index (Phi) is 42.2. The van der Waals surface area contributed by atoms with Gasteiger partial charge in [0.1, 0.15) is 30.2 Å². The summed E-state index contributed by atoms with van der Waals surface area (Å²) in [6.45, 7) is 4.08. The van der Waals surface area contributed by atoms with Crippen LogP contribution in [0.15, 0.2) is 12.7 Å². The van der Waals surface area contributed by atoms with Gasteiger partial charge >= 0.3 is 13.8 Å². The van der Waals surface area contributed by atoms with Crippen molar-refractivity contribution in [1.29, 1.82) is 0 Å². The molecule has 14 nitrogen and oxygen atoms in total. The third-order valence-corrected chi connectivity index (χ3v) is 19.8. The smallest absolute Gasteiger partial charge is 0.322 e. The molecule has 84 heavy (non-hydrogen) atoms. The summed E-state index contributed by atoms with van der Waals surface area (Å²) < 4.78 is 34.9. The average Bonchev–Trinajstić information content (AvgIpc) is 3.40. The first-order valence-corrected chi connectivity index (χ1v) is 37.2. The SMILES string of the molecule is CCCCCCCCCCCCCCCCCCC(C)C(CCCCCCCCCCCCCCCCC1CC1CCCCCCCCCCCCCCCCCC(=O)OP(=O)([O-])OC[C@H]1O[C@@H](n2cnc3c(N)ncnc32)[C@H](O)[C@@H]1O)OC. The summed E-state index contributed by atoms with van der Waals surface area (Å²) in [5.74, 6) is 2.05. The molecule has 0 spiro atoms. The van der Waals surface area contributed by atoms with Crippen molar-refractivity contribution in [2.75, 3.05) is 19.5 Å². The predicted octanol–water partition coefficient (Wildman–Crippen LogP) is 18.9. The molecule has 1 aliphatic heterocycles. The first-order chi connectivity index (χ1) is 41.0. The number of methoxy groups -OCH3 is 1. The van der Waals surface area contributed by atoms with E-state index in [-0.39, 0.29) is 23.4 Å². The lowest BCUT2D eigenvalue weighted by atomic mass is 9.93. The molecule has 0 radical (unpaired) electrons. The van der Waals surface area contributed by atoms with Crippen LogP contribution in [0, 0.1) is 17.8 Å². The highest BCUT2D eigenvalue weighted by molar-refractivity contribution is 7.46. The maximum Gasteiger partial charge on any atom is 0.322 e. The van der Waals surface area contributed by atoms with Crippen molar-refractivity contribution in [3.8, 4) is 0 Å². The molecule has 2 aromatic heterocycles. The van der Waals surface area contributed by atoms with Crippen LogP contribution in [0.2, 0.25) is 0 Å². The van der Waals surface area contributed by atoms with Gasteiger partial charge in [-0.3, -0.25) is 13.9 Å². The van der Waals surface area contributed by atoms with E-state index in [2.05, 4.69) is 33.3 Å². The zero-order valence-corrected chi connectivity index (χ0v) is 55.0. The fraction of sp³-hybridized carbons (Fsp3) is 0.913. The zero-order valence-electron chi connectivity index (χ0n) is 54.1. The summed E-state index contributed by atoms with van der Waals surface area (Å²) >= 11 is 0. The Morgan fingerprint density at radius 2 is 1.01 bits per heavy atom. The van der Waals surface area contributed by atoms with Gasteiger partial charge in [0.2, 0.25) is 0 Å². The van der Waals surface area contributed by atoms with Crippen LogP contribution < -0.4 is 10.6 Å². The second-order valence-electron chi connectivity index (χ2n) is 26.3. The van der Waals surface area contributed by atoms with Crippen LogP contribution in [0.25, 0.3) is 11.2 Å². The highest BCUT2D eigenvalue weighted by Gasteiger charge is 2.45. The van der Waals surface area contributed by atoms with Crippen molar-refractivity contribution in [2.24, 2.45) is 17.8 Å². The van der Waals surface area contributed by atoms with E-state index in [1.807, 2.05) is 7.11 Å². The lowest BCUT2D eigenvalue weighted by Gasteiger charge is -2.24. The van der Waals surface area contributed by atoms with Crippen molar-refractivity contribution >= 4 is 30.8 Å². The summed E-state index contributed by atoms with van der Waals surface area (Å²) in [6, 6.07) is 0. The average molecular weight is 1200 g/mol. The molecule has 488 valence electrons. The van der Waals surface area contributed by atoms with Crippen molar-refractivity contribution in [3.05, 3.63) is 12.7 Å². The van der Waals surface area contributed by atoms with E-state index in [1.165, 1.54) is 313 Å². The quantitative estimate of drug-likeness (QED) is 0.0417. The van der Waals surface area contributed by atoms with E-state index in [1.54, 1.807) is 0 Å². The number of carbonyl (C=O) groups excluding carboxylic acids is 1. The molecule has 4 N–H and O–H groups in total. The number of anilines is 1. The standard InChI is InChI=1S/C69H128N5O9P/c1-4-5-6-7-8-9-10-11-12-14-19-24-29-34-39-44-49-58(2)61(80-3)52-47-42-37-32-27-22-18-17-21-26-31-36-41-46-51-60-54-59(60)50-45-40-35-30-25-20-15-13-16-23-28-33-38-43-48-53-63(75)83-84(78,79)81-55-62-65(76)66(77)69(82-62)74-57-73-64-67(70)71-56-72-68(64)74/h56-62,65-66,69,76-77H,4-55H2,1-3H3,(H,78,79)(H2,70,71,72)/p-1/t58?,59?,60?,61?,62-,65-,66-,69-/m1/s1. The van der Waals surface area contributed by atoms with Gasteiger partial charge in [-0.1, -0.05) is 309 Å². The number of aromatic nitrogens is 4.